The average molecular weight is 442 g/mol. The van der Waals surface area contributed by atoms with E-state index >= 15 is 0 Å². The molecule has 0 bridgehead atoms. The molecule has 1 aromatic heterocycles. The van der Waals surface area contributed by atoms with Gasteiger partial charge in [0.25, 0.3) is 0 Å². The predicted octanol–water partition coefficient (Wildman–Crippen LogP) is 1.60. The van der Waals surface area contributed by atoms with Gasteiger partial charge in [-0.25, -0.2) is 0 Å². The fourth-order valence-electron chi connectivity index (χ4n) is 4.35. The topological polar surface area (TPSA) is 71.9 Å². The van der Waals surface area contributed by atoms with E-state index in [0.29, 0.717) is 32.6 Å². The standard InChI is InChI=1S/C24H35N5O3/c1-27-10-12-28(13-11-27)20-5-3-19(4-6-20)17-25-24(30)8-7-22-21-18-32-15-9-23(21)29(26-22)14-16-31-2/h3-6H,7-18H2,1-2H3,(H,25,30). The zero-order chi connectivity index (χ0) is 22.3. The summed E-state index contributed by atoms with van der Waals surface area (Å²) >= 11 is 0. The summed E-state index contributed by atoms with van der Waals surface area (Å²) in [6, 6.07) is 8.54. The van der Waals surface area contributed by atoms with Crippen LogP contribution in [0.2, 0.25) is 0 Å². The summed E-state index contributed by atoms with van der Waals surface area (Å²) in [4.78, 5) is 17.2. The molecule has 2 aliphatic rings. The van der Waals surface area contributed by atoms with E-state index in [0.717, 1.165) is 62.6 Å². The first-order chi connectivity index (χ1) is 15.6. The van der Waals surface area contributed by atoms with Crippen LogP contribution in [0.5, 0.6) is 0 Å². The van der Waals surface area contributed by atoms with Gasteiger partial charge in [0.05, 0.1) is 32.1 Å². The molecule has 4 rings (SSSR count). The van der Waals surface area contributed by atoms with Gasteiger partial charge in [-0.3, -0.25) is 9.48 Å². The number of benzene rings is 1. The third-order valence-corrected chi connectivity index (χ3v) is 6.37. The first-order valence-electron chi connectivity index (χ1n) is 11.6. The molecule has 1 N–H and O–H groups in total. The van der Waals surface area contributed by atoms with Crippen molar-refractivity contribution >= 4 is 11.6 Å². The van der Waals surface area contributed by atoms with Crippen molar-refractivity contribution < 1.29 is 14.3 Å². The Kier molecular flexibility index (Phi) is 7.78. The molecule has 1 saturated heterocycles. The molecule has 0 saturated carbocycles. The summed E-state index contributed by atoms with van der Waals surface area (Å²) in [5.74, 6) is 0.0464. The van der Waals surface area contributed by atoms with Gasteiger partial charge in [0.1, 0.15) is 0 Å². The number of nitrogens with one attached hydrogen (secondary N) is 1. The molecule has 8 nitrogen and oxygen atoms in total. The number of nitrogens with zero attached hydrogens (tertiary/aromatic N) is 4. The number of carbonyl (C=O) groups is 1. The minimum atomic E-state index is 0.0464. The van der Waals surface area contributed by atoms with Gasteiger partial charge in [-0.05, 0) is 24.7 Å². The molecular formula is C24H35N5O3. The molecule has 0 atom stereocenters. The van der Waals surface area contributed by atoms with Gasteiger partial charge in [-0.1, -0.05) is 12.1 Å². The number of likely N-dealkylation sites (N-methyl/N-ethyl adjacent to an activating group) is 1. The van der Waals surface area contributed by atoms with E-state index in [1.165, 1.54) is 11.4 Å². The van der Waals surface area contributed by atoms with Gasteiger partial charge < -0.3 is 24.6 Å². The molecule has 8 heteroatoms. The quantitative estimate of drug-likeness (QED) is 0.638. The third kappa shape index (κ3) is 5.68. The summed E-state index contributed by atoms with van der Waals surface area (Å²) in [5.41, 5.74) is 5.72. The van der Waals surface area contributed by atoms with Gasteiger partial charge in [0, 0.05) is 76.0 Å². The first kappa shape index (κ1) is 22.8. The maximum atomic E-state index is 12.5. The van der Waals surface area contributed by atoms with Crippen molar-refractivity contribution in [2.75, 3.05) is 58.5 Å². The monoisotopic (exact) mass is 441 g/mol. The molecule has 32 heavy (non-hydrogen) atoms. The number of ether oxygens (including phenoxy) is 2. The second-order valence-electron chi connectivity index (χ2n) is 8.62. The molecule has 174 valence electrons. The summed E-state index contributed by atoms with van der Waals surface area (Å²) in [6.45, 7) is 7.52. The fraction of sp³-hybridized carbons (Fsp3) is 0.583. The Labute approximate surface area is 190 Å². The van der Waals surface area contributed by atoms with Crippen molar-refractivity contribution in [2.45, 2.75) is 39.0 Å². The van der Waals surface area contributed by atoms with Crippen LogP contribution in [-0.2, 0) is 46.8 Å². The largest absolute Gasteiger partial charge is 0.383 e. The molecule has 0 aliphatic carbocycles. The highest BCUT2D eigenvalue weighted by molar-refractivity contribution is 5.76. The normalized spacial score (nSPS) is 16.8. The van der Waals surface area contributed by atoms with Crippen LogP contribution >= 0.6 is 0 Å². The Morgan fingerprint density at radius 3 is 2.72 bits per heavy atom. The van der Waals surface area contributed by atoms with Crippen molar-refractivity contribution in [2.24, 2.45) is 0 Å². The maximum absolute atomic E-state index is 12.5. The molecule has 0 spiro atoms. The molecular weight excluding hydrogens is 406 g/mol. The number of rotatable bonds is 9. The number of aryl methyl sites for hydroxylation is 1. The molecule has 1 fully saturated rings. The molecule has 1 aromatic carbocycles. The molecule has 0 unspecified atom stereocenters. The third-order valence-electron chi connectivity index (χ3n) is 6.37. The van der Waals surface area contributed by atoms with E-state index in [9.17, 15) is 4.79 Å². The second-order valence-corrected chi connectivity index (χ2v) is 8.62. The summed E-state index contributed by atoms with van der Waals surface area (Å²) in [6.07, 6.45) is 1.91. The lowest BCUT2D eigenvalue weighted by Gasteiger charge is -2.34. The maximum Gasteiger partial charge on any atom is 0.220 e. The molecule has 2 aromatic rings. The predicted molar refractivity (Wildman–Crippen MR) is 124 cm³/mol. The van der Waals surface area contributed by atoms with E-state index in [1.807, 2.05) is 4.68 Å². The minimum Gasteiger partial charge on any atom is -0.383 e. The fourth-order valence-corrected chi connectivity index (χ4v) is 4.35. The van der Waals surface area contributed by atoms with Crippen LogP contribution in [0.15, 0.2) is 24.3 Å². The average Bonchev–Trinajstić information content (AvgIpc) is 3.18. The lowest BCUT2D eigenvalue weighted by molar-refractivity contribution is -0.121. The number of anilines is 1. The van der Waals surface area contributed by atoms with Crippen molar-refractivity contribution in [3.8, 4) is 0 Å². The van der Waals surface area contributed by atoms with Crippen LogP contribution in [-0.4, -0.2) is 74.1 Å². The van der Waals surface area contributed by atoms with E-state index in [2.05, 4.69) is 46.4 Å². The highest BCUT2D eigenvalue weighted by atomic mass is 16.5. The van der Waals surface area contributed by atoms with Crippen molar-refractivity contribution in [3.05, 3.63) is 46.8 Å². The van der Waals surface area contributed by atoms with Crippen LogP contribution in [0.1, 0.15) is 28.9 Å². The Bertz CT molecular complexity index is 888. The number of fused-ring (bicyclic) bond motifs is 1. The smallest absolute Gasteiger partial charge is 0.220 e. The van der Waals surface area contributed by atoms with E-state index < -0.39 is 0 Å². The Hall–Kier alpha value is -2.42. The highest BCUT2D eigenvalue weighted by Gasteiger charge is 2.21. The van der Waals surface area contributed by atoms with Gasteiger partial charge in [0.15, 0.2) is 0 Å². The van der Waals surface area contributed by atoms with E-state index in [4.69, 9.17) is 14.6 Å². The molecule has 3 heterocycles. The summed E-state index contributed by atoms with van der Waals surface area (Å²) < 4.78 is 12.9. The van der Waals surface area contributed by atoms with Gasteiger partial charge in [-0.15, -0.1) is 0 Å². The van der Waals surface area contributed by atoms with Gasteiger partial charge in [-0.2, -0.15) is 5.10 Å². The molecule has 2 aliphatic heterocycles. The summed E-state index contributed by atoms with van der Waals surface area (Å²) in [5, 5.41) is 7.80. The second kappa shape index (κ2) is 10.9. The number of piperazine rings is 1. The number of carbonyl (C=O) groups excluding carboxylic acids is 1. The number of hydrogen-bond donors (Lipinski definition) is 1. The van der Waals surface area contributed by atoms with Crippen molar-refractivity contribution in [1.82, 2.24) is 20.0 Å². The van der Waals surface area contributed by atoms with E-state index in [1.54, 1.807) is 7.11 Å². The number of aromatic nitrogens is 2. The van der Waals surface area contributed by atoms with Crippen molar-refractivity contribution in [3.63, 3.8) is 0 Å². The van der Waals surface area contributed by atoms with Crippen LogP contribution in [0.4, 0.5) is 5.69 Å². The molecule has 0 radical (unpaired) electrons. The number of amides is 1. The first-order valence-corrected chi connectivity index (χ1v) is 11.6. The zero-order valence-electron chi connectivity index (χ0n) is 19.3. The van der Waals surface area contributed by atoms with Gasteiger partial charge in [0.2, 0.25) is 5.91 Å². The Balaban J connectivity index is 1.26. The van der Waals surface area contributed by atoms with Crippen LogP contribution in [0, 0.1) is 0 Å². The SMILES string of the molecule is COCCn1nc(CCC(=O)NCc2ccc(N3CCN(C)CC3)cc2)c2c1CCOC2. The highest BCUT2D eigenvalue weighted by Crippen LogP contribution is 2.22. The Morgan fingerprint density at radius 2 is 1.97 bits per heavy atom. The van der Waals surface area contributed by atoms with Crippen molar-refractivity contribution in [1.29, 1.82) is 0 Å². The minimum absolute atomic E-state index is 0.0464. The lowest BCUT2D eigenvalue weighted by atomic mass is 10.1. The lowest BCUT2D eigenvalue weighted by Crippen LogP contribution is -2.44. The molecule has 1 amide bonds. The van der Waals surface area contributed by atoms with Crippen LogP contribution in [0.25, 0.3) is 0 Å². The number of methoxy groups -OCH3 is 1. The van der Waals surface area contributed by atoms with Crippen LogP contribution < -0.4 is 10.2 Å². The van der Waals surface area contributed by atoms with Crippen LogP contribution in [0.3, 0.4) is 0 Å². The zero-order valence-corrected chi connectivity index (χ0v) is 19.3. The number of hydrogen-bond acceptors (Lipinski definition) is 6. The summed E-state index contributed by atoms with van der Waals surface area (Å²) in [7, 11) is 3.86. The van der Waals surface area contributed by atoms with E-state index in [-0.39, 0.29) is 5.91 Å². The Morgan fingerprint density at radius 1 is 1.19 bits per heavy atom. The van der Waals surface area contributed by atoms with Gasteiger partial charge >= 0.3 is 0 Å².